The van der Waals surface area contributed by atoms with Crippen molar-refractivity contribution in [3.05, 3.63) is 17.0 Å². The Hall–Kier alpha value is -0.830. The summed E-state index contributed by atoms with van der Waals surface area (Å²) in [5.74, 6) is 0.751. The summed E-state index contributed by atoms with van der Waals surface area (Å²) < 4.78 is 2.24. The van der Waals surface area contributed by atoms with Gasteiger partial charge in [0, 0.05) is 43.2 Å². The van der Waals surface area contributed by atoms with Crippen LogP contribution < -0.4 is 5.32 Å². The monoisotopic (exact) mass is 219 g/mol. The number of nitrogens with zero attached hydrogens (tertiary/aromatic N) is 2. The van der Waals surface area contributed by atoms with E-state index in [0.29, 0.717) is 0 Å². The first-order valence-corrected chi connectivity index (χ1v) is 6.69. The molecule has 3 nitrogen and oxygen atoms in total. The Balaban J connectivity index is 2.00. The smallest absolute Gasteiger partial charge is 0.0703 e. The van der Waals surface area contributed by atoms with E-state index in [4.69, 9.17) is 5.10 Å². The Morgan fingerprint density at radius 3 is 2.94 bits per heavy atom. The van der Waals surface area contributed by atoms with Gasteiger partial charge < -0.3 is 5.32 Å². The molecule has 0 aromatic carbocycles. The normalized spacial score (nSPS) is 21.3. The highest BCUT2D eigenvalue weighted by atomic mass is 15.3. The van der Waals surface area contributed by atoms with Crippen molar-refractivity contribution in [2.24, 2.45) is 0 Å². The van der Waals surface area contributed by atoms with E-state index in [1.54, 1.807) is 0 Å². The first-order chi connectivity index (χ1) is 7.90. The molecular formula is C13H21N3. The van der Waals surface area contributed by atoms with Gasteiger partial charge in [-0.25, -0.2) is 0 Å². The molecule has 3 rings (SSSR count). The Labute approximate surface area is 97.2 Å². The fourth-order valence-corrected chi connectivity index (χ4v) is 3.24. The number of nitrogens with one attached hydrogen (secondary N) is 1. The summed E-state index contributed by atoms with van der Waals surface area (Å²) in [5, 5.41) is 8.36. The second kappa shape index (κ2) is 4.21. The van der Waals surface area contributed by atoms with Gasteiger partial charge in [0.2, 0.25) is 0 Å². The molecule has 0 unspecified atom stereocenters. The summed E-state index contributed by atoms with van der Waals surface area (Å²) in [7, 11) is 0. The molecule has 1 aliphatic heterocycles. The minimum Gasteiger partial charge on any atom is -0.312 e. The fraction of sp³-hybridized carbons (Fsp3) is 0.769. The maximum Gasteiger partial charge on any atom is 0.0703 e. The third kappa shape index (κ3) is 1.58. The van der Waals surface area contributed by atoms with E-state index in [0.717, 1.165) is 32.0 Å². The molecule has 1 aromatic rings. The van der Waals surface area contributed by atoms with Crippen molar-refractivity contribution in [1.29, 1.82) is 0 Å². The van der Waals surface area contributed by atoms with Crippen LogP contribution in [0.5, 0.6) is 0 Å². The van der Waals surface area contributed by atoms with Crippen molar-refractivity contribution in [2.45, 2.75) is 58.0 Å². The molecule has 0 atom stereocenters. The molecule has 1 N–H and O–H groups in total. The van der Waals surface area contributed by atoms with Gasteiger partial charge in [0.1, 0.15) is 0 Å². The van der Waals surface area contributed by atoms with Gasteiger partial charge in [-0.3, -0.25) is 4.68 Å². The van der Waals surface area contributed by atoms with Gasteiger partial charge in [0.15, 0.2) is 0 Å². The zero-order valence-electron chi connectivity index (χ0n) is 10.1. The third-order valence-corrected chi connectivity index (χ3v) is 4.08. The van der Waals surface area contributed by atoms with Gasteiger partial charge in [0.05, 0.1) is 5.69 Å². The summed E-state index contributed by atoms with van der Waals surface area (Å²) in [6, 6.07) is 0. The van der Waals surface area contributed by atoms with Crippen LogP contribution in [0.1, 0.15) is 55.5 Å². The molecule has 2 aliphatic rings. The van der Waals surface area contributed by atoms with Crippen LogP contribution in [0.4, 0.5) is 0 Å². The van der Waals surface area contributed by atoms with E-state index < -0.39 is 0 Å². The molecule has 88 valence electrons. The number of fused-ring (bicyclic) bond motifs is 1. The number of aromatic nitrogens is 2. The Morgan fingerprint density at radius 1 is 1.38 bits per heavy atom. The van der Waals surface area contributed by atoms with Crippen LogP contribution in [0.15, 0.2) is 0 Å². The SMILES string of the molecule is CCn1nc(C2CCCC2)c2c1CCNC2. The lowest BCUT2D eigenvalue weighted by molar-refractivity contribution is 0.569. The topological polar surface area (TPSA) is 29.9 Å². The quantitative estimate of drug-likeness (QED) is 0.826. The second-order valence-electron chi connectivity index (χ2n) is 5.03. The molecule has 16 heavy (non-hydrogen) atoms. The largest absolute Gasteiger partial charge is 0.312 e. The molecule has 3 heteroatoms. The summed E-state index contributed by atoms with van der Waals surface area (Å²) in [6.45, 7) is 5.38. The zero-order chi connectivity index (χ0) is 11.0. The lowest BCUT2D eigenvalue weighted by atomic mass is 9.96. The van der Waals surface area contributed by atoms with E-state index in [9.17, 15) is 0 Å². The Bertz CT molecular complexity index is 375. The standard InChI is InChI=1S/C13H21N3/c1-2-16-12-7-8-14-9-11(12)13(15-16)10-5-3-4-6-10/h10,14H,2-9H2,1H3. The predicted molar refractivity (Wildman–Crippen MR) is 64.5 cm³/mol. The number of rotatable bonds is 2. The molecule has 1 fully saturated rings. The average Bonchev–Trinajstić information content (AvgIpc) is 2.95. The Morgan fingerprint density at radius 2 is 2.19 bits per heavy atom. The van der Waals surface area contributed by atoms with Crippen molar-refractivity contribution in [3.63, 3.8) is 0 Å². The van der Waals surface area contributed by atoms with Crippen molar-refractivity contribution < 1.29 is 0 Å². The van der Waals surface area contributed by atoms with Crippen molar-refractivity contribution in [1.82, 2.24) is 15.1 Å². The second-order valence-corrected chi connectivity index (χ2v) is 5.03. The number of hydrogen-bond acceptors (Lipinski definition) is 2. The highest BCUT2D eigenvalue weighted by molar-refractivity contribution is 5.31. The van der Waals surface area contributed by atoms with Crippen LogP contribution >= 0.6 is 0 Å². The van der Waals surface area contributed by atoms with E-state index in [-0.39, 0.29) is 0 Å². The van der Waals surface area contributed by atoms with Gasteiger partial charge in [-0.1, -0.05) is 12.8 Å². The molecule has 0 spiro atoms. The van der Waals surface area contributed by atoms with Crippen LogP contribution in [0.2, 0.25) is 0 Å². The highest BCUT2D eigenvalue weighted by Crippen LogP contribution is 2.36. The van der Waals surface area contributed by atoms with Crippen molar-refractivity contribution in [3.8, 4) is 0 Å². The molecule has 0 radical (unpaired) electrons. The molecule has 0 amide bonds. The molecule has 2 heterocycles. The summed E-state index contributed by atoms with van der Waals surface area (Å²) >= 11 is 0. The van der Waals surface area contributed by atoms with Crippen LogP contribution in [-0.4, -0.2) is 16.3 Å². The van der Waals surface area contributed by atoms with Gasteiger partial charge >= 0.3 is 0 Å². The molecule has 1 saturated carbocycles. The van der Waals surface area contributed by atoms with Crippen LogP contribution in [0.25, 0.3) is 0 Å². The van der Waals surface area contributed by atoms with E-state index >= 15 is 0 Å². The van der Waals surface area contributed by atoms with E-state index in [2.05, 4.69) is 16.9 Å². The van der Waals surface area contributed by atoms with Gasteiger partial charge in [-0.2, -0.15) is 5.10 Å². The van der Waals surface area contributed by atoms with Crippen LogP contribution in [-0.2, 0) is 19.5 Å². The van der Waals surface area contributed by atoms with E-state index in [1.807, 2.05) is 0 Å². The lowest BCUT2D eigenvalue weighted by Crippen LogP contribution is -2.25. The lowest BCUT2D eigenvalue weighted by Gasteiger charge is -2.16. The third-order valence-electron chi connectivity index (χ3n) is 4.08. The minimum atomic E-state index is 0.751. The number of aryl methyl sites for hydroxylation is 1. The molecule has 1 aliphatic carbocycles. The maximum absolute atomic E-state index is 4.87. The molecule has 0 saturated heterocycles. The van der Waals surface area contributed by atoms with E-state index in [1.165, 1.54) is 42.6 Å². The summed E-state index contributed by atoms with van der Waals surface area (Å²) in [5.41, 5.74) is 4.45. The zero-order valence-corrected chi connectivity index (χ0v) is 10.1. The molecular weight excluding hydrogens is 198 g/mol. The highest BCUT2D eigenvalue weighted by Gasteiger charge is 2.27. The first-order valence-electron chi connectivity index (χ1n) is 6.69. The predicted octanol–water partition coefficient (Wildman–Crippen LogP) is 2.21. The Kier molecular flexibility index (Phi) is 2.72. The maximum atomic E-state index is 4.87. The molecule has 1 aromatic heterocycles. The van der Waals surface area contributed by atoms with Crippen LogP contribution in [0, 0.1) is 0 Å². The van der Waals surface area contributed by atoms with Gasteiger partial charge in [0.25, 0.3) is 0 Å². The molecule has 0 bridgehead atoms. The average molecular weight is 219 g/mol. The van der Waals surface area contributed by atoms with Gasteiger partial charge in [-0.15, -0.1) is 0 Å². The minimum absolute atomic E-state index is 0.751. The summed E-state index contributed by atoms with van der Waals surface area (Å²) in [6.07, 6.45) is 6.65. The van der Waals surface area contributed by atoms with Crippen molar-refractivity contribution >= 4 is 0 Å². The van der Waals surface area contributed by atoms with Gasteiger partial charge in [-0.05, 0) is 19.8 Å². The summed E-state index contributed by atoms with van der Waals surface area (Å²) in [4.78, 5) is 0. The first kappa shape index (κ1) is 10.3. The number of hydrogen-bond donors (Lipinski definition) is 1. The van der Waals surface area contributed by atoms with Crippen molar-refractivity contribution in [2.75, 3.05) is 6.54 Å². The van der Waals surface area contributed by atoms with Crippen LogP contribution in [0.3, 0.4) is 0 Å². The fourth-order valence-electron chi connectivity index (χ4n) is 3.24.